The number of benzene rings is 2. The highest BCUT2D eigenvalue weighted by molar-refractivity contribution is 7.14. The summed E-state index contributed by atoms with van der Waals surface area (Å²) in [5.41, 5.74) is 1.15. The van der Waals surface area contributed by atoms with Gasteiger partial charge in [-0.15, -0.1) is 10.2 Å². The second-order valence-corrected chi connectivity index (χ2v) is 9.75. The fourth-order valence-electron chi connectivity index (χ4n) is 3.78. The molecule has 0 spiro atoms. The number of aromatic nitrogens is 2. The molecule has 178 valence electrons. The van der Waals surface area contributed by atoms with Crippen molar-refractivity contribution in [2.24, 2.45) is 5.92 Å². The fraction of sp³-hybridized carbons (Fsp3) is 0.360. The molecule has 1 fully saturated rings. The highest BCUT2D eigenvalue weighted by atomic mass is 32.1. The molecule has 1 amide bonds. The van der Waals surface area contributed by atoms with Gasteiger partial charge in [0.05, 0.1) is 12.7 Å². The molecule has 0 N–H and O–H groups in total. The first-order chi connectivity index (χ1) is 16.2. The van der Waals surface area contributed by atoms with E-state index in [1.165, 1.54) is 19.2 Å². The average molecular weight is 484 g/mol. The number of esters is 1. The Labute approximate surface area is 201 Å². The van der Waals surface area contributed by atoms with Crippen LogP contribution in [0.5, 0.6) is 11.5 Å². The molecule has 0 unspecified atom stereocenters. The van der Waals surface area contributed by atoms with Crippen LogP contribution < -0.4 is 4.74 Å². The van der Waals surface area contributed by atoms with Crippen LogP contribution in [0.3, 0.4) is 0 Å². The third-order valence-electron chi connectivity index (χ3n) is 5.59. The van der Waals surface area contributed by atoms with E-state index < -0.39 is 11.8 Å². The molecular formula is C25H26FN3O4S. The number of likely N-dealkylation sites (tertiary alicyclic amines) is 1. The van der Waals surface area contributed by atoms with Crippen LogP contribution in [0.4, 0.5) is 4.39 Å². The zero-order chi connectivity index (χ0) is 24.4. The van der Waals surface area contributed by atoms with E-state index in [4.69, 9.17) is 9.47 Å². The quantitative estimate of drug-likeness (QED) is 0.418. The summed E-state index contributed by atoms with van der Waals surface area (Å²) < 4.78 is 25.4. The van der Waals surface area contributed by atoms with E-state index in [0.29, 0.717) is 35.9 Å². The number of carbonyl (C=O) groups is 2. The van der Waals surface area contributed by atoms with E-state index in [1.54, 1.807) is 28.4 Å². The number of hydrogen-bond acceptors (Lipinski definition) is 7. The van der Waals surface area contributed by atoms with Crippen LogP contribution in [-0.4, -0.2) is 40.6 Å². The second kappa shape index (κ2) is 9.89. The molecule has 3 aromatic rings. The Bertz CT molecular complexity index is 1210. The number of methoxy groups -OCH3 is 1. The molecule has 0 saturated carbocycles. The van der Waals surface area contributed by atoms with Crippen molar-refractivity contribution in [3.63, 3.8) is 0 Å². The van der Waals surface area contributed by atoms with Crippen LogP contribution in [0.1, 0.15) is 54.0 Å². The van der Waals surface area contributed by atoms with Gasteiger partial charge in [0.2, 0.25) is 5.91 Å². The number of amides is 1. The van der Waals surface area contributed by atoms with Gasteiger partial charge in [0.15, 0.2) is 0 Å². The minimum Gasteiger partial charge on any atom is -0.465 e. The first-order valence-corrected chi connectivity index (χ1v) is 11.9. The Morgan fingerprint density at radius 1 is 1.24 bits per heavy atom. The van der Waals surface area contributed by atoms with Gasteiger partial charge in [-0.3, -0.25) is 4.79 Å². The maximum Gasteiger partial charge on any atom is 0.340 e. The molecule has 1 aliphatic heterocycles. The van der Waals surface area contributed by atoms with Gasteiger partial charge in [0.25, 0.3) is 0 Å². The van der Waals surface area contributed by atoms with Crippen molar-refractivity contribution in [2.75, 3.05) is 13.7 Å². The van der Waals surface area contributed by atoms with Gasteiger partial charge in [-0.25, -0.2) is 9.18 Å². The minimum atomic E-state index is -0.799. The first-order valence-electron chi connectivity index (χ1n) is 11.0. The summed E-state index contributed by atoms with van der Waals surface area (Å²) in [7, 11) is 1.19. The van der Waals surface area contributed by atoms with Crippen LogP contribution in [0, 0.1) is 11.7 Å². The summed E-state index contributed by atoms with van der Waals surface area (Å²) >= 11 is 1.54. The molecule has 0 aliphatic carbocycles. The van der Waals surface area contributed by atoms with Crippen LogP contribution in [0.15, 0.2) is 36.4 Å². The van der Waals surface area contributed by atoms with Crippen molar-refractivity contribution >= 4 is 23.2 Å². The number of carbonyl (C=O) groups excluding carboxylic acids is 2. The molecule has 0 bridgehead atoms. The van der Waals surface area contributed by atoms with Crippen LogP contribution in [0.2, 0.25) is 0 Å². The van der Waals surface area contributed by atoms with Gasteiger partial charge in [0.1, 0.15) is 27.3 Å². The molecule has 0 radical (unpaired) electrons. The van der Waals surface area contributed by atoms with Gasteiger partial charge >= 0.3 is 5.97 Å². The van der Waals surface area contributed by atoms with E-state index in [2.05, 4.69) is 24.0 Å². The molecule has 34 heavy (non-hydrogen) atoms. The predicted octanol–water partition coefficient (Wildman–Crippen LogP) is 5.41. The SMILES string of the molecule is COC(=O)c1cc(Oc2ccc(-c3nnc(C(C)C)s3)cc2)c(CN2C[C@@H](C)CC2=O)cc1F. The van der Waals surface area contributed by atoms with Crippen LogP contribution in [0.25, 0.3) is 10.6 Å². The standard InChI is InChI=1S/C25H26FN3O4S/c1-14(2)23-27-28-24(34-23)16-5-7-18(8-6-16)33-21-11-19(25(31)32-4)20(26)10-17(21)13-29-12-15(3)9-22(29)30/h5-8,10-11,14-15H,9,12-13H2,1-4H3/t15-/m0/s1. The summed E-state index contributed by atoms with van der Waals surface area (Å²) in [6.45, 7) is 6.92. The summed E-state index contributed by atoms with van der Waals surface area (Å²) in [6.07, 6.45) is 0.463. The monoisotopic (exact) mass is 483 g/mol. The zero-order valence-corrected chi connectivity index (χ0v) is 20.3. The number of nitrogens with zero attached hydrogens (tertiary/aromatic N) is 3. The van der Waals surface area contributed by atoms with E-state index in [-0.39, 0.29) is 23.9 Å². The number of hydrogen-bond donors (Lipinski definition) is 0. The Hall–Kier alpha value is -3.33. The minimum absolute atomic E-state index is 0.0121. The summed E-state index contributed by atoms with van der Waals surface area (Å²) in [5, 5.41) is 10.3. The van der Waals surface area contributed by atoms with Crippen molar-refractivity contribution in [2.45, 2.75) is 39.7 Å². The summed E-state index contributed by atoms with van der Waals surface area (Å²) in [4.78, 5) is 26.0. The Balaban J connectivity index is 1.62. The van der Waals surface area contributed by atoms with Crippen molar-refractivity contribution in [1.29, 1.82) is 0 Å². The van der Waals surface area contributed by atoms with E-state index in [9.17, 15) is 14.0 Å². The maximum absolute atomic E-state index is 14.7. The molecule has 1 saturated heterocycles. The highest BCUT2D eigenvalue weighted by Gasteiger charge is 2.28. The van der Waals surface area contributed by atoms with Crippen LogP contribution in [-0.2, 0) is 16.1 Å². The molecule has 4 rings (SSSR count). The molecule has 1 atom stereocenters. The third kappa shape index (κ3) is 5.09. The Morgan fingerprint density at radius 3 is 2.56 bits per heavy atom. The van der Waals surface area contributed by atoms with Crippen LogP contribution >= 0.6 is 11.3 Å². The van der Waals surface area contributed by atoms with Gasteiger partial charge in [-0.05, 0) is 42.3 Å². The molecule has 2 heterocycles. The molecule has 9 heteroatoms. The molecule has 7 nitrogen and oxygen atoms in total. The smallest absolute Gasteiger partial charge is 0.340 e. The lowest BCUT2D eigenvalue weighted by Crippen LogP contribution is -2.25. The molecule has 1 aromatic heterocycles. The topological polar surface area (TPSA) is 81.6 Å². The number of rotatable bonds is 7. The van der Waals surface area contributed by atoms with E-state index in [1.807, 2.05) is 19.1 Å². The molecular weight excluding hydrogens is 457 g/mol. The normalized spacial score (nSPS) is 15.8. The van der Waals surface area contributed by atoms with Gasteiger partial charge in [0, 0.05) is 36.6 Å². The van der Waals surface area contributed by atoms with E-state index in [0.717, 1.165) is 15.6 Å². The number of halogens is 1. The Morgan fingerprint density at radius 2 is 1.97 bits per heavy atom. The van der Waals surface area contributed by atoms with Crippen molar-refractivity contribution < 1.29 is 23.5 Å². The molecule has 2 aromatic carbocycles. The van der Waals surface area contributed by atoms with Crippen molar-refractivity contribution in [3.8, 4) is 22.1 Å². The van der Waals surface area contributed by atoms with E-state index >= 15 is 0 Å². The fourth-order valence-corrected chi connectivity index (χ4v) is 4.64. The predicted molar refractivity (Wildman–Crippen MR) is 126 cm³/mol. The van der Waals surface area contributed by atoms with Gasteiger partial charge < -0.3 is 14.4 Å². The lowest BCUT2D eigenvalue weighted by atomic mass is 10.1. The molecule has 1 aliphatic rings. The van der Waals surface area contributed by atoms with Crippen molar-refractivity contribution in [1.82, 2.24) is 15.1 Å². The average Bonchev–Trinajstić information content (AvgIpc) is 3.42. The maximum atomic E-state index is 14.7. The highest BCUT2D eigenvalue weighted by Crippen LogP contribution is 2.33. The Kier molecular flexibility index (Phi) is 6.92. The lowest BCUT2D eigenvalue weighted by Gasteiger charge is -2.19. The second-order valence-electron chi connectivity index (χ2n) is 8.74. The number of ether oxygens (including phenoxy) is 2. The largest absolute Gasteiger partial charge is 0.465 e. The summed E-state index contributed by atoms with van der Waals surface area (Å²) in [6, 6.07) is 9.86. The first kappa shape index (κ1) is 23.8. The zero-order valence-electron chi connectivity index (χ0n) is 19.5. The van der Waals surface area contributed by atoms with Gasteiger partial charge in [-0.1, -0.05) is 32.1 Å². The summed E-state index contributed by atoms with van der Waals surface area (Å²) in [5.74, 6) is -0.172. The third-order valence-corrected chi connectivity index (χ3v) is 6.86. The van der Waals surface area contributed by atoms with Crippen molar-refractivity contribution in [3.05, 3.63) is 58.3 Å². The lowest BCUT2D eigenvalue weighted by molar-refractivity contribution is -0.128. The van der Waals surface area contributed by atoms with Gasteiger partial charge in [-0.2, -0.15) is 0 Å².